The summed E-state index contributed by atoms with van der Waals surface area (Å²) in [5.74, 6) is -0.730. The molecular weight excluding hydrogens is 613 g/mol. The number of anilines is 2. The van der Waals surface area contributed by atoms with E-state index in [4.69, 9.17) is 16.6 Å². The molecule has 1 aliphatic rings. The molecule has 228 valence electrons. The van der Waals surface area contributed by atoms with E-state index in [2.05, 4.69) is 15.4 Å². The van der Waals surface area contributed by atoms with Crippen LogP contribution in [0.15, 0.2) is 35.3 Å². The van der Waals surface area contributed by atoms with Crippen LogP contribution >= 0.6 is 11.6 Å². The molecule has 0 aliphatic carbocycles. The van der Waals surface area contributed by atoms with Crippen molar-refractivity contribution in [3.8, 4) is 0 Å². The van der Waals surface area contributed by atoms with Crippen LogP contribution in [0.1, 0.15) is 45.8 Å². The Kier molecular flexibility index (Phi) is 7.62. The van der Waals surface area contributed by atoms with Crippen LogP contribution in [0.5, 0.6) is 0 Å². The van der Waals surface area contributed by atoms with Crippen molar-refractivity contribution >= 4 is 50.1 Å². The number of pyridine rings is 1. The molecule has 4 heterocycles. The molecule has 2 N–H and O–H groups in total. The van der Waals surface area contributed by atoms with Crippen LogP contribution in [-0.4, -0.2) is 51.1 Å². The third-order valence-electron chi connectivity index (χ3n) is 6.87. The summed E-state index contributed by atoms with van der Waals surface area (Å²) in [6, 6.07) is 5.83. The molecule has 12 nitrogen and oxygen atoms in total. The van der Waals surface area contributed by atoms with Crippen molar-refractivity contribution in [3.05, 3.63) is 74.0 Å². The van der Waals surface area contributed by atoms with Gasteiger partial charge < -0.3 is 10.2 Å². The Morgan fingerprint density at radius 2 is 1.91 bits per heavy atom. The average molecular weight is 639 g/mol. The molecule has 0 radical (unpaired) electrons. The zero-order valence-electron chi connectivity index (χ0n) is 23.3. The van der Waals surface area contributed by atoms with E-state index < -0.39 is 34.7 Å². The number of hydrogen-bond donors (Lipinski definition) is 2. The fourth-order valence-corrected chi connectivity index (χ4v) is 5.64. The second kappa shape index (κ2) is 10.8. The van der Waals surface area contributed by atoms with Gasteiger partial charge in [0, 0.05) is 24.7 Å². The van der Waals surface area contributed by atoms with E-state index >= 15 is 0 Å². The van der Waals surface area contributed by atoms with E-state index in [0.717, 1.165) is 16.5 Å². The normalized spacial score (nSPS) is 14.2. The lowest BCUT2D eigenvalue weighted by molar-refractivity contribution is -0.143. The summed E-state index contributed by atoms with van der Waals surface area (Å²) in [5.41, 5.74) is 2.25. The number of carbonyl (C=O) groups is 1. The minimum atomic E-state index is -4.44. The Balaban J connectivity index is 1.54. The van der Waals surface area contributed by atoms with Gasteiger partial charge >= 0.3 is 6.18 Å². The minimum absolute atomic E-state index is 0.0300. The van der Waals surface area contributed by atoms with E-state index in [1.54, 1.807) is 31.9 Å². The molecule has 43 heavy (non-hydrogen) atoms. The second-order valence-electron chi connectivity index (χ2n) is 10.4. The molecule has 1 aromatic carbocycles. The first-order chi connectivity index (χ1) is 20.0. The molecule has 3 aromatic heterocycles. The largest absolute Gasteiger partial charge is 0.408 e. The van der Waals surface area contributed by atoms with Crippen molar-refractivity contribution < 1.29 is 26.4 Å². The lowest BCUT2D eigenvalue weighted by Gasteiger charge is -2.23. The van der Waals surface area contributed by atoms with Crippen LogP contribution in [0, 0.1) is 6.92 Å². The number of aryl methyl sites for hydroxylation is 1. The van der Waals surface area contributed by atoms with Crippen molar-refractivity contribution in [1.82, 2.24) is 29.0 Å². The van der Waals surface area contributed by atoms with Crippen LogP contribution in [0.4, 0.5) is 24.8 Å². The maximum atomic E-state index is 13.5. The van der Waals surface area contributed by atoms with Crippen molar-refractivity contribution in [1.29, 1.82) is 0 Å². The monoisotopic (exact) mass is 638 g/mol. The Hall–Kier alpha value is -4.18. The van der Waals surface area contributed by atoms with Crippen LogP contribution in [0.25, 0.3) is 10.9 Å². The molecule has 0 unspecified atom stereocenters. The summed E-state index contributed by atoms with van der Waals surface area (Å²) in [6.45, 7) is 2.62. The summed E-state index contributed by atoms with van der Waals surface area (Å²) < 4.78 is 66.7. The Bertz CT molecular complexity index is 1940. The average Bonchev–Trinajstić information content (AvgIpc) is 3.47. The number of amides is 1. The van der Waals surface area contributed by atoms with Gasteiger partial charge in [-0.2, -0.15) is 18.3 Å². The van der Waals surface area contributed by atoms with E-state index in [-0.39, 0.29) is 41.1 Å². The third-order valence-corrected chi connectivity index (χ3v) is 7.64. The molecule has 0 saturated heterocycles. The molecule has 5 rings (SSSR count). The predicted octanol–water partition coefficient (Wildman–Crippen LogP) is 3.43. The minimum Gasteiger partial charge on any atom is -0.377 e. The molecule has 4 aromatic rings. The van der Waals surface area contributed by atoms with E-state index in [1.807, 2.05) is 10.8 Å². The van der Waals surface area contributed by atoms with Crippen LogP contribution in [-0.2, 0) is 36.7 Å². The first kappa shape index (κ1) is 30.3. The molecule has 0 saturated carbocycles. The van der Waals surface area contributed by atoms with E-state index in [0.29, 0.717) is 27.7 Å². The van der Waals surface area contributed by atoms with Gasteiger partial charge in [0.15, 0.2) is 5.69 Å². The van der Waals surface area contributed by atoms with Gasteiger partial charge in [0.2, 0.25) is 16.0 Å². The first-order valence-corrected chi connectivity index (χ1v) is 15.1. The molecule has 17 heteroatoms. The van der Waals surface area contributed by atoms with Crippen molar-refractivity contribution in [2.45, 2.75) is 45.7 Å². The summed E-state index contributed by atoms with van der Waals surface area (Å²) in [6.07, 6.45) is -2.22. The van der Waals surface area contributed by atoms with E-state index in [9.17, 15) is 31.2 Å². The molecule has 1 aliphatic heterocycles. The third kappa shape index (κ3) is 6.29. The number of alkyl halides is 3. The summed E-state index contributed by atoms with van der Waals surface area (Å²) in [7, 11) is -2.34. The molecule has 0 spiro atoms. The van der Waals surface area contributed by atoms with Gasteiger partial charge in [0.05, 0.1) is 47.3 Å². The molecular formula is C26H26ClF3N8O4S. The van der Waals surface area contributed by atoms with Gasteiger partial charge in [-0.25, -0.2) is 23.1 Å². The highest BCUT2D eigenvalue weighted by Crippen LogP contribution is 2.32. The summed E-state index contributed by atoms with van der Waals surface area (Å²) in [5, 5.41) is 7.30. The Labute approximate surface area is 248 Å². The van der Waals surface area contributed by atoms with Gasteiger partial charge in [-0.3, -0.25) is 18.8 Å². The maximum Gasteiger partial charge on any atom is 0.408 e. The SMILES string of the molecule is Cc1cc([C@@H](C)Nc2ccc(Cl)nc2C(=O)NS(C)(=O)=O)c2nc(N3Cc4cnn(CC(F)(F)F)c4C3)n(C)c(=O)c2c1. The standard InChI is InChI=1S/C26H26ClF3N8O4S/c1-13-7-16(14(2)32-18-5-6-20(27)33-22(18)23(39)35-43(4,41)42)21-17(8-13)24(40)36(3)25(34-21)37-10-15-9-31-38(19(15)11-37)12-26(28,29)30/h5-9,14,32H,10-12H2,1-4H3,(H,35,39)/t14-/m1/s1. The van der Waals surface area contributed by atoms with E-state index in [1.165, 1.54) is 22.9 Å². The highest BCUT2D eigenvalue weighted by Gasteiger charge is 2.33. The highest BCUT2D eigenvalue weighted by molar-refractivity contribution is 7.89. The number of halogens is 4. The smallest absolute Gasteiger partial charge is 0.377 e. The number of benzene rings is 1. The lowest BCUT2D eigenvalue weighted by Crippen LogP contribution is -2.31. The Morgan fingerprint density at radius 1 is 1.19 bits per heavy atom. The number of nitrogens with one attached hydrogen (secondary N) is 2. The molecule has 0 fully saturated rings. The van der Waals surface area contributed by atoms with Gasteiger partial charge in [-0.1, -0.05) is 17.7 Å². The molecule has 1 atom stereocenters. The fraction of sp³-hybridized carbons (Fsp3) is 0.346. The number of fused-ring (bicyclic) bond motifs is 2. The molecule has 0 bridgehead atoms. The van der Waals surface area contributed by atoms with Crippen molar-refractivity contribution in [2.24, 2.45) is 7.05 Å². The first-order valence-electron chi connectivity index (χ1n) is 12.8. The van der Waals surface area contributed by atoms with Gasteiger partial charge in [-0.05, 0) is 37.6 Å². The lowest BCUT2D eigenvalue weighted by atomic mass is 10.0. The number of rotatable bonds is 7. The number of hydrogen-bond acceptors (Lipinski definition) is 9. The number of aromatic nitrogens is 5. The zero-order valence-corrected chi connectivity index (χ0v) is 24.9. The highest BCUT2D eigenvalue weighted by atomic mass is 35.5. The molecule has 1 amide bonds. The number of nitrogens with zero attached hydrogens (tertiary/aromatic N) is 6. The Morgan fingerprint density at radius 3 is 2.58 bits per heavy atom. The number of carbonyl (C=O) groups excluding carboxylic acids is 1. The fourth-order valence-electron chi connectivity index (χ4n) is 5.06. The van der Waals surface area contributed by atoms with Crippen molar-refractivity contribution in [2.75, 3.05) is 16.5 Å². The predicted molar refractivity (Wildman–Crippen MR) is 153 cm³/mol. The van der Waals surface area contributed by atoms with Crippen LogP contribution in [0.3, 0.4) is 0 Å². The maximum absolute atomic E-state index is 13.5. The zero-order chi connectivity index (χ0) is 31.4. The van der Waals surface area contributed by atoms with Gasteiger partial charge in [0.1, 0.15) is 11.7 Å². The van der Waals surface area contributed by atoms with Crippen LogP contribution in [0.2, 0.25) is 5.15 Å². The summed E-state index contributed by atoms with van der Waals surface area (Å²) in [4.78, 5) is 36.7. The van der Waals surface area contributed by atoms with Crippen molar-refractivity contribution in [3.63, 3.8) is 0 Å². The number of sulfonamides is 1. The summed E-state index contributed by atoms with van der Waals surface area (Å²) >= 11 is 5.98. The van der Waals surface area contributed by atoms with Crippen LogP contribution < -0.4 is 20.5 Å². The van der Waals surface area contributed by atoms with Gasteiger partial charge in [0.25, 0.3) is 11.5 Å². The topological polar surface area (TPSA) is 144 Å². The quantitative estimate of drug-likeness (QED) is 0.291. The second-order valence-corrected chi connectivity index (χ2v) is 12.5. The van der Waals surface area contributed by atoms with Gasteiger partial charge in [-0.15, -0.1) is 0 Å².